The van der Waals surface area contributed by atoms with E-state index in [1.807, 2.05) is 19.9 Å². The van der Waals surface area contributed by atoms with Crippen molar-refractivity contribution in [3.8, 4) is 22.9 Å². The fraction of sp³-hybridized carbons (Fsp3) is 0.261. The van der Waals surface area contributed by atoms with Crippen LogP contribution in [0.4, 0.5) is 0 Å². The predicted octanol–water partition coefficient (Wildman–Crippen LogP) is 3.75. The Kier molecular flexibility index (Phi) is 7.44. The molecular weight excluding hydrogens is 448 g/mol. The van der Waals surface area contributed by atoms with Gasteiger partial charge in [0.05, 0.1) is 44.5 Å². The summed E-state index contributed by atoms with van der Waals surface area (Å²) in [5.41, 5.74) is 6.80. The van der Waals surface area contributed by atoms with Crippen molar-refractivity contribution >= 4 is 23.4 Å². The van der Waals surface area contributed by atoms with Crippen LogP contribution in [0.2, 0.25) is 5.02 Å². The second-order valence-corrected chi connectivity index (χ2v) is 7.75. The van der Waals surface area contributed by atoms with Crippen molar-refractivity contribution in [3.05, 3.63) is 64.4 Å². The fourth-order valence-corrected chi connectivity index (χ4v) is 3.55. The first-order valence-electron chi connectivity index (χ1n) is 10.0. The van der Waals surface area contributed by atoms with Crippen molar-refractivity contribution < 1.29 is 23.8 Å². The SMILES string of the molecule is COc1cc(C(=O)NNC(=O)c2cnn(-c3cccc(Cl)c3)c2C(C)C)cc(OC)c1OC. The van der Waals surface area contributed by atoms with Gasteiger partial charge >= 0.3 is 0 Å². The number of halogens is 1. The maximum absolute atomic E-state index is 12.9. The Balaban J connectivity index is 1.82. The molecule has 9 nitrogen and oxygen atoms in total. The number of carbonyl (C=O) groups excluding carboxylic acids is 2. The Hall–Kier alpha value is -3.72. The molecule has 0 radical (unpaired) electrons. The van der Waals surface area contributed by atoms with Gasteiger partial charge in [-0.1, -0.05) is 31.5 Å². The number of hydrogen-bond donors (Lipinski definition) is 2. The third-order valence-corrected chi connectivity index (χ3v) is 5.10. The minimum Gasteiger partial charge on any atom is -0.493 e. The third-order valence-electron chi connectivity index (χ3n) is 4.87. The highest BCUT2D eigenvalue weighted by atomic mass is 35.5. The number of nitrogens with one attached hydrogen (secondary N) is 2. The molecular formula is C23H25ClN4O5. The zero-order valence-corrected chi connectivity index (χ0v) is 19.7. The van der Waals surface area contributed by atoms with E-state index in [2.05, 4.69) is 16.0 Å². The smallest absolute Gasteiger partial charge is 0.273 e. The first-order valence-corrected chi connectivity index (χ1v) is 10.4. The molecule has 3 rings (SSSR count). The summed E-state index contributed by atoms with van der Waals surface area (Å²) in [6.07, 6.45) is 1.46. The van der Waals surface area contributed by atoms with Gasteiger partial charge in [0.15, 0.2) is 11.5 Å². The largest absolute Gasteiger partial charge is 0.493 e. The number of nitrogens with zero attached hydrogens (tertiary/aromatic N) is 2. The highest BCUT2D eigenvalue weighted by Crippen LogP contribution is 2.38. The molecule has 0 unspecified atom stereocenters. The summed E-state index contributed by atoms with van der Waals surface area (Å²) in [6, 6.07) is 10.1. The average Bonchev–Trinajstić information content (AvgIpc) is 3.27. The quantitative estimate of drug-likeness (QED) is 0.507. The number of hydrogen-bond acceptors (Lipinski definition) is 6. The Morgan fingerprint density at radius 2 is 1.61 bits per heavy atom. The van der Waals surface area contributed by atoms with Crippen LogP contribution < -0.4 is 25.1 Å². The second kappa shape index (κ2) is 10.3. The van der Waals surface area contributed by atoms with Crippen molar-refractivity contribution in [3.63, 3.8) is 0 Å². The monoisotopic (exact) mass is 472 g/mol. The van der Waals surface area contributed by atoms with Crippen molar-refractivity contribution in [1.82, 2.24) is 20.6 Å². The molecule has 2 N–H and O–H groups in total. The fourth-order valence-electron chi connectivity index (χ4n) is 3.37. The lowest BCUT2D eigenvalue weighted by atomic mass is 10.1. The molecule has 2 amide bonds. The van der Waals surface area contributed by atoms with E-state index in [0.717, 1.165) is 5.69 Å². The number of carbonyl (C=O) groups is 2. The van der Waals surface area contributed by atoms with Gasteiger partial charge in [0, 0.05) is 10.6 Å². The Labute approximate surface area is 196 Å². The van der Waals surface area contributed by atoms with Gasteiger partial charge < -0.3 is 14.2 Å². The first-order chi connectivity index (χ1) is 15.8. The molecule has 174 valence electrons. The van der Waals surface area contributed by atoms with E-state index in [1.165, 1.54) is 39.7 Å². The molecule has 3 aromatic rings. The molecule has 0 atom stereocenters. The van der Waals surface area contributed by atoms with E-state index in [9.17, 15) is 9.59 Å². The number of rotatable bonds is 7. The minimum absolute atomic E-state index is 0.0296. The number of benzene rings is 2. The van der Waals surface area contributed by atoms with E-state index in [1.54, 1.807) is 22.9 Å². The number of ether oxygens (including phenoxy) is 3. The third kappa shape index (κ3) is 5.04. The number of amides is 2. The number of aromatic nitrogens is 2. The molecule has 33 heavy (non-hydrogen) atoms. The van der Waals surface area contributed by atoms with Crippen LogP contribution >= 0.6 is 11.6 Å². The zero-order chi connectivity index (χ0) is 24.1. The first kappa shape index (κ1) is 23.9. The standard InChI is InChI=1S/C23H25ClN4O5/c1-13(2)20-17(12-25-28(20)16-8-6-7-15(24)11-16)23(30)27-26-22(29)14-9-18(31-3)21(33-5)19(10-14)32-4/h6-13H,1-5H3,(H,26,29)(H,27,30). The van der Waals surface area contributed by atoms with Crippen LogP contribution in [0.5, 0.6) is 17.2 Å². The molecule has 10 heteroatoms. The molecule has 0 saturated heterocycles. The van der Waals surface area contributed by atoms with Crippen LogP contribution in [0.15, 0.2) is 42.6 Å². The van der Waals surface area contributed by atoms with Gasteiger partial charge in [-0.25, -0.2) is 4.68 Å². The Morgan fingerprint density at radius 1 is 0.970 bits per heavy atom. The molecule has 0 bridgehead atoms. The van der Waals surface area contributed by atoms with Gasteiger partial charge in [-0.2, -0.15) is 5.10 Å². The van der Waals surface area contributed by atoms with E-state index in [4.69, 9.17) is 25.8 Å². The van der Waals surface area contributed by atoms with Gasteiger partial charge in [-0.3, -0.25) is 20.4 Å². The van der Waals surface area contributed by atoms with Crippen molar-refractivity contribution in [1.29, 1.82) is 0 Å². The van der Waals surface area contributed by atoms with Crippen LogP contribution in [0, 0.1) is 0 Å². The van der Waals surface area contributed by atoms with Gasteiger partial charge in [-0.05, 0) is 36.2 Å². The zero-order valence-electron chi connectivity index (χ0n) is 18.9. The van der Waals surface area contributed by atoms with Crippen LogP contribution in [0.25, 0.3) is 5.69 Å². The summed E-state index contributed by atoms with van der Waals surface area (Å²) in [6.45, 7) is 3.90. The van der Waals surface area contributed by atoms with Crippen LogP contribution in [0.3, 0.4) is 0 Å². The molecule has 1 aromatic heterocycles. The second-order valence-electron chi connectivity index (χ2n) is 7.31. The Bertz CT molecular complexity index is 1150. The number of hydrazine groups is 1. The highest BCUT2D eigenvalue weighted by Gasteiger charge is 2.22. The predicted molar refractivity (Wildman–Crippen MR) is 124 cm³/mol. The summed E-state index contributed by atoms with van der Waals surface area (Å²) in [5, 5.41) is 4.91. The Morgan fingerprint density at radius 3 is 2.15 bits per heavy atom. The maximum atomic E-state index is 12.9. The van der Waals surface area contributed by atoms with Crippen molar-refractivity contribution in [2.24, 2.45) is 0 Å². The molecule has 0 aliphatic rings. The van der Waals surface area contributed by atoms with E-state index in [-0.39, 0.29) is 11.5 Å². The summed E-state index contributed by atoms with van der Waals surface area (Å²) < 4.78 is 17.5. The van der Waals surface area contributed by atoms with E-state index < -0.39 is 11.8 Å². The van der Waals surface area contributed by atoms with E-state index in [0.29, 0.717) is 33.5 Å². The highest BCUT2D eigenvalue weighted by molar-refractivity contribution is 6.30. The normalized spacial score (nSPS) is 10.6. The molecule has 0 aliphatic carbocycles. The summed E-state index contributed by atoms with van der Waals surface area (Å²) >= 11 is 6.11. The molecule has 2 aromatic carbocycles. The lowest BCUT2D eigenvalue weighted by molar-refractivity contribution is 0.0845. The molecule has 0 fully saturated rings. The lowest BCUT2D eigenvalue weighted by Crippen LogP contribution is -2.42. The van der Waals surface area contributed by atoms with Gasteiger partial charge in [0.2, 0.25) is 5.75 Å². The summed E-state index contributed by atoms with van der Waals surface area (Å²) in [4.78, 5) is 25.6. The van der Waals surface area contributed by atoms with Gasteiger partial charge in [-0.15, -0.1) is 0 Å². The van der Waals surface area contributed by atoms with Crippen molar-refractivity contribution in [2.45, 2.75) is 19.8 Å². The van der Waals surface area contributed by atoms with Crippen LogP contribution in [-0.2, 0) is 0 Å². The average molecular weight is 473 g/mol. The molecule has 0 saturated carbocycles. The molecule has 0 aliphatic heterocycles. The van der Waals surface area contributed by atoms with Gasteiger partial charge in [0.25, 0.3) is 11.8 Å². The topological polar surface area (TPSA) is 104 Å². The minimum atomic E-state index is -0.559. The molecule has 1 heterocycles. The summed E-state index contributed by atoms with van der Waals surface area (Å²) in [7, 11) is 4.37. The summed E-state index contributed by atoms with van der Waals surface area (Å²) in [5.74, 6) is -0.103. The molecule has 0 spiro atoms. The van der Waals surface area contributed by atoms with Crippen LogP contribution in [-0.4, -0.2) is 42.9 Å². The van der Waals surface area contributed by atoms with Crippen molar-refractivity contribution in [2.75, 3.05) is 21.3 Å². The number of methoxy groups -OCH3 is 3. The van der Waals surface area contributed by atoms with Crippen LogP contribution in [0.1, 0.15) is 46.2 Å². The lowest BCUT2D eigenvalue weighted by Gasteiger charge is -2.15. The van der Waals surface area contributed by atoms with E-state index >= 15 is 0 Å². The van der Waals surface area contributed by atoms with Gasteiger partial charge in [0.1, 0.15) is 0 Å². The maximum Gasteiger partial charge on any atom is 0.273 e.